The summed E-state index contributed by atoms with van der Waals surface area (Å²) in [7, 11) is 0. The fourth-order valence-corrected chi connectivity index (χ4v) is 3.76. The van der Waals surface area contributed by atoms with Crippen molar-refractivity contribution in [3.8, 4) is 5.75 Å². The number of carboxylic acids is 1. The number of hydrogen-bond acceptors (Lipinski definition) is 8. The zero-order valence-electron chi connectivity index (χ0n) is 20.1. The van der Waals surface area contributed by atoms with Gasteiger partial charge in [-0.15, -0.1) is 0 Å². The van der Waals surface area contributed by atoms with Crippen molar-refractivity contribution < 1.29 is 39.0 Å². The van der Waals surface area contributed by atoms with E-state index in [0.717, 1.165) is 6.42 Å². The van der Waals surface area contributed by atoms with Crippen molar-refractivity contribution in [3.05, 3.63) is 29.8 Å². The minimum absolute atomic E-state index is 0.0226. The van der Waals surface area contributed by atoms with Crippen LogP contribution in [0.2, 0.25) is 0 Å². The second kappa shape index (κ2) is 13.8. The molecule has 0 spiro atoms. The first-order valence-corrected chi connectivity index (χ1v) is 11.7. The predicted octanol–water partition coefficient (Wildman–Crippen LogP) is -2.63. The van der Waals surface area contributed by atoms with Crippen LogP contribution in [-0.2, 0) is 35.2 Å². The van der Waals surface area contributed by atoms with Gasteiger partial charge in [0.2, 0.25) is 29.5 Å². The number of carbonyl (C=O) groups excluding carboxylic acids is 5. The van der Waals surface area contributed by atoms with Gasteiger partial charge in [0, 0.05) is 12.8 Å². The van der Waals surface area contributed by atoms with Gasteiger partial charge in [0.15, 0.2) is 0 Å². The Morgan fingerprint density at radius 1 is 0.919 bits per heavy atom. The van der Waals surface area contributed by atoms with Crippen LogP contribution >= 0.6 is 0 Å². The molecule has 14 heteroatoms. The van der Waals surface area contributed by atoms with E-state index < -0.39 is 66.1 Å². The highest BCUT2D eigenvalue weighted by Crippen LogP contribution is 2.12. The molecule has 14 nitrogen and oxygen atoms in total. The number of phenolic OH excluding ortho intramolecular Hbond substituents is 1. The minimum atomic E-state index is -1.55. The van der Waals surface area contributed by atoms with Crippen LogP contribution < -0.4 is 32.7 Å². The Hall–Kier alpha value is -4.20. The topological polar surface area (TPSA) is 243 Å². The summed E-state index contributed by atoms with van der Waals surface area (Å²) >= 11 is 0. The average Bonchev–Trinajstić information content (AvgIpc) is 3.36. The number of primary amides is 2. The molecule has 0 aromatic heterocycles. The van der Waals surface area contributed by atoms with Crippen molar-refractivity contribution in [1.82, 2.24) is 21.3 Å². The first-order chi connectivity index (χ1) is 17.5. The number of carboxylic acid groups (broad SMARTS) is 1. The first kappa shape index (κ1) is 29.0. The molecular formula is C23H32N6O8. The van der Waals surface area contributed by atoms with E-state index >= 15 is 0 Å². The van der Waals surface area contributed by atoms with Crippen LogP contribution in [0.25, 0.3) is 0 Å². The maximum Gasteiger partial charge on any atom is 0.326 e. The lowest BCUT2D eigenvalue weighted by atomic mass is 10.0. The molecule has 0 bridgehead atoms. The molecule has 0 radical (unpaired) electrons. The van der Waals surface area contributed by atoms with Crippen LogP contribution in [0.3, 0.4) is 0 Å². The number of hydrogen-bond donors (Lipinski definition) is 8. The molecule has 1 aliphatic rings. The Morgan fingerprint density at radius 2 is 1.54 bits per heavy atom. The van der Waals surface area contributed by atoms with Crippen molar-refractivity contribution >= 4 is 35.5 Å². The molecule has 1 aliphatic heterocycles. The number of aliphatic carboxylic acids is 1. The fraction of sp³-hybridized carbons (Fsp3) is 0.478. The molecule has 4 atom stereocenters. The van der Waals surface area contributed by atoms with Gasteiger partial charge in [-0.1, -0.05) is 12.1 Å². The third-order valence-corrected chi connectivity index (χ3v) is 5.72. The zero-order chi connectivity index (χ0) is 27.5. The van der Waals surface area contributed by atoms with Gasteiger partial charge in [0.25, 0.3) is 0 Å². The van der Waals surface area contributed by atoms with E-state index in [9.17, 15) is 39.0 Å². The van der Waals surface area contributed by atoms with Crippen LogP contribution in [0.5, 0.6) is 5.75 Å². The summed E-state index contributed by atoms with van der Waals surface area (Å²) in [5, 5.41) is 29.0. The Morgan fingerprint density at radius 3 is 2.08 bits per heavy atom. The quantitative estimate of drug-likeness (QED) is 0.128. The largest absolute Gasteiger partial charge is 0.508 e. The van der Waals surface area contributed by atoms with Gasteiger partial charge in [-0.3, -0.25) is 24.0 Å². The Balaban J connectivity index is 2.13. The number of benzene rings is 1. The molecule has 1 heterocycles. The van der Waals surface area contributed by atoms with Gasteiger partial charge in [-0.25, -0.2) is 4.79 Å². The summed E-state index contributed by atoms with van der Waals surface area (Å²) in [6.45, 7) is 0.631. The van der Waals surface area contributed by atoms with Crippen LogP contribution in [0, 0.1) is 0 Å². The second-order valence-electron chi connectivity index (χ2n) is 8.72. The summed E-state index contributed by atoms with van der Waals surface area (Å²) < 4.78 is 0. The smallest absolute Gasteiger partial charge is 0.326 e. The van der Waals surface area contributed by atoms with Gasteiger partial charge in [-0.2, -0.15) is 0 Å². The monoisotopic (exact) mass is 520 g/mol. The maximum atomic E-state index is 13.0. The van der Waals surface area contributed by atoms with Crippen molar-refractivity contribution in [3.63, 3.8) is 0 Å². The molecule has 0 aliphatic carbocycles. The number of aromatic hydroxyl groups is 1. The number of amides is 5. The van der Waals surface area contributed by atoms with E-state index in [1.807, 2.05) is 0 Å². The van der Waals surface area contributed by atoms with E-state index in [-0.39, 0.29) is 25.0 Å². The van der Waals surface area contributed by atoms with Gasteiger partial charge >= 0.3 is 5.97 Å². The molecule has 1 saturated heterocycles. The van der Waals surface area contributed by atoms with E-state index in [2.05, 4.69) is 21.3 Å². The van der Waals surface area contributed by atoms with Crippen molar-refractivity contribution in [1.29, 1.82) is 0 Å². The fourth-order valence-electron chi connectivity index (χ4n) is 3.76. The van der Waals surface area contributed by atoms with Crippen molar-refractivity contribution in [2.75, 3.05) is 6.54 Å². The minimum Gasteiger partial charge on any atom is -0.508 e. The summed E-state index contributed by atoms with van der Waals surface area (Å²) in [4.78, 5) is 73.0. The van der Waals surface area contributed by atoms with E-state index in [1.54, 1.807) is 0 Å². The molecule has 1 fully saturated rings. The lowest BCUT2D eigenvalue weighted by Crippen LogP contribution is -2.58. The highest BCUT2D eigenvalue weighted by atomic mass is 16.4. The Bertz CT molecular complexity index is 1010. The highest BCUT2D eigenvalue weighted by molar-refractivity contribution is 5.96. The molecule has 2 rings (SSSR count). The molecule has 1 aromatic carbocycles. The standard InChI is InChI=1S/C23H32N6O8/c24-18(31)8-7-15(27-20(33)14-2-1-9-26-14)21(34)28-16(11-19(25)32)22(35)29-17(23(36)37)10-12-3-5-13(30)6-4-12/h3-6,14-17,26,30H,1-2,7-11H2,(H2,24,31)(H2,25,32)(H,27,33)(H,28,34)(H,29,35)(H,36,37). The maximum absolute atomic E-state index is 13.0. The summed E-state index contributed by atoms with van der Waals surface area (Å²) in [5.41, 5.74) is 10.9. The predicted molar refractivity (Wildman–Crippen MR) is 129 cm³/mol. The molecule has 202 valence electrons. The lowest BCUT2D eigenvalue weighted by Gasteiger charge is -2.24. The number of phenols is 1. The zero-order valence-corrected chi connectivity index (χ0v) is 20.1. The molecule has 4 unspecified atom stereocenters. The first-order valence-electron chi connectivity index (χ1n) is 11.7. The molecular weight excluding hydrogens is 488 g/mol. The van der Waals surface area contributed by atoms with Gasteiger partial charge < -0.3 is 42.9 Å². The third-order valence-electron chi connectivity index (χ3n) is 5.72. The van der Waals surface area contributed by atoms with Gasteiger partial charge in [0.1, 0.15) is 23.9 Å². The molecule has 5 amide bonds. The Kier molecular flexibility index (Phi) is 10.8. The molecule has 10 N–H and O–H groups in total. The number of nitrogens with two attached hydrogens (primary N) is 2. The van der Waals surface area contributed by atoms with Crippen LogP contribution in [0.1, 0.15) is 37.7 Å². The highest BCUT2D eigenvalue weighted by Gasteiger charge is 2.32. The molecule has 37 heavy (non-hydrogen) atoms. The summed E-state index contributed by atoms with van der Waals surface area (Å²) in [6, 6.07) is 0.910. The SMILES string of the molecule is NC(=O)CCC(NC(=O)C1CCCN1)C(=O)NC(CC(N)=O)C(=O)NC(Cc1ccc(O)cc1)C(=O)O. The van der Waals surface area contributed by atoms with E-state index in [0.29, 0.717) is 18.5 Å². The second-order valence-corrected chi connectivity index (χ2v) is 8.72. The van der Waals surface area contributed by atoms with Crippen LogP contribution in [0.15, 0.2) is 24.3 Å². The molecule has 1 aromatic rings. The van der Waals surface area contributed by atoms with Crippen molar-refractivity contribution in [2.45, 2.75) is 62.7 Å². The molecule has 0 saturated carbocycles. The summed E-state index contributed by atoms with van der Waals surface area (Å²) in [6.07, 6.45) is 0.125. The Labute approximate surface area is 212 Å². The van der Waals surface area contributed by atoms with Crippen molar-refractivity contribution in [2.24, 2.45) is 11.5 Å². The number of rotatable bonds is 14. The normalized spacial score (nSPS) is 17.1. The lowest BCUT2D eigenvalue weighted by molar-refractivity contribution is -0.142. The van der Waals surface area contributed by atoms with Gasteiger partial charge in [-0.05, 0) is 43.5 Å². The van der Waals surface area contributed by atoms with Crippen LogP contribution in [-0.4, -0.2) is 76.4 Å². The average molecular weight is 521 g/mol. The summed E-state index contributed by atoms with van der Waals surface area (Å²) in [5.74, 6) is -5.39. The van der Waals surface area contributed by atoms with Crippen LogP contribution in [0.4, 0.5) is 0 Å². The number of carbonyl (C=O) groups is 6. The van der Waals surface area contributed by atoms with E-state index in [4.69, 9.17) is 11.5 Å². The van der Waals surface area contributed by atoms with Gasteiger partial charge in [0.05, 0.1) is 12.5 Å². The van der Waals surface area contributed by atoms with E-state index in [1.165, 1.54) is 24.3 Å². The number of nitrogens with one attached hydrogen (secondary N) is 4. The third kappa shape index (κ3) is 9.76.